The van der Waals surface area contributed by atoms with Crippen LogP contribution in [0.5, 0.6) is 0 Å². The number of nitrogens with two attached hydrogens (primary N) is 2. The van der Waals surface area contributed by atoms with Crippen molar-refractivity contribution < 1.29 is 14.4 Å². The third-order valence-corrected chi connectivity index (χ3v) is 2.68. The lowest BCUT2D eigenvalue weighted by molar-refractivity contribution is -0.123. The Labute approximate surface area is 123 Å². The molecule has 0 spiro atoms. The molecule has 0 aliphatic carbocycles. The molecular weight excluding hydrogens is 272 g/mol. The molecule has 0 saturated heterocycles. The second-order valence-corrected chi connectivity index (χ2v) is 4.99. The fraction of sp³-hybridized carbons (Fsp3) is 0.357. The monoisotopic (exact) mass is 292 g/mol. The normalized spacial score (nSPS) is 11.8. The third kappa shape index (κ3) is 5.62. The van der Waals surface area contributed by atoms with Crippen molar-refractivity contribution in [3.63, 3.8) is 0 Å². The largest absolute Gasteiger partial charge is 0.370 e. The molecule has 7 heteroatoms. The smallest absolute Gasteiger partial charge is 0.241 e. The SMILES string of the molecule is CC(C)C(=O)Nc1cccc(NC(=O)C(N)CC(N)=O)c1. The van der Waals surface area contributed by atoms with Crippen LogP contribution in [0.1, 0.15) is 20.3 Å². The number of rotatable bonds is 6. The van der Waals surface area contributed by atoms with Crippen molar-refractivity contribution >= 4 is 29.1 Å². The van der Waals surface area contributed by atoms with Gasteiger partial charge in [-0.05, 0) is 18.2 Å². The van der Waals surface area contributed by atoms with Gasteiger partial charge in [0.1, 0.15) is 0 Å². The highest BCUT2D eigenvalue weighted by atomic mass is 16.2. The lowest BCUT2D eigenvalue weighted by Gasteiger charge is -2.12. The van der Waals surface area contributed by atoms with E-state index in [9.17, 15) is 14.4 Å². The van der Waals surface area contributed by atoms with Gasteiger partial charge in [0.15, 0.2) is 0 Å². The third-order valence-electron chi connectivity index (χ3n) is 2.68. The molecule has 1 aromatic rings. The maximum absolute atomic E-state index is 11.8. The zero-order chi connectivity index (χ0) is 16.0. The van der Waals surface area contributed by atoms with Gasteiger partial charge in [0.25, 0.3) is 0 Å². The Morgan fingerprint density at radius 1 is 1.10 bits per heavy atom. The summed E-state index contributed by atoms with van der Waals surface area (Å²) in [6.45, 7) is 3.56. The van der Waals surface area contributed by atoms with Crippen molar-refractivity contribution in [3.05, 3.63) is 24.3 Å². The number of benzene rings is 1. The second-order valence-electron chi connectivity index (χ2n) is 4.99. The van der Waals surface area contributed by atoms with E-state index >= 15 is 0 Å². The Kier molecular flexibility index (Phi) is 5.86. The van der Waals surface area contributed by atoms with Crippen LogP contribution in [0.4, 0.5) is 11.4 Å². The number of primary amides is 1. The van der Waals surface area contributed by atoms with Gasteiger partial charge >= 0.3 is 0 Å². The molecule has 0 aliphatic heterocycles. The van der Waals surface area contributed by atoms with E-state index in [2.05, 4.69) is 10.6 Å². The molecule has 0 aliphatic rings. The first-order valence-corrected chi connectivity index (χ1v) is 6.55. The van der Waals surface area contributed by atoms with E-state index in [1.54, 1.807) is 38.1 Å². The van der Waals surface area contributed by atoms with Gasteiger partial charge in [-0.25, -0.2) is 0 Å². The quantitative estimate of drug-likeness (QED) is 0.606. The highest BCUT2D eigenvalue weighted by Crippen LogP contribution is 2.16. The van der Waals surface area contributed by atoms with Gasteiger partial charge in [-0.1, -0.05) is 19.9 Å². The van der Waals surface area contributed by atoms with E-state index in [-0.39, 0.29) is 18.2 Å². The molecule has 21 heavy (non-hydrogen) atoms. The molecule has 0 radical (unpaired) electrons. The summed E-state index contributed by atoms with van der Waals surface area (Å²) >= 11 is 0. The van der Waals surface area contributed by atoms with E-state index in [1.807, 2.05) is 0 Å². The van der Waals surface area contributed by atoms with E-state index in [0.29, 0.717) is 11.4 Å². The van der Waals surface area contributed by atoms with Crippen molar-refractivity contribution in [2.75, 3.05) is 10.6 Å². The Morgan fingerprint density at radius 3 is 2.10 bits per heavy atom. The van der Waals surface area contributed by atoms with Gasteiger partial charge in [0.2, 0.25) is 17.7 Å². The van der Waals surface area contributed by atoms with Gasteiger partial charge in [-0.2, -0.15) is 0 Å². The van der Waals surface area contributed by atoms with Crippen molar-refractivity contribution in [1.29, 1.82) is 0 Å². The van der Waals surface area contributed by atoms with Crippen LogP contribution in [0.2, 0.25) is 0 Å². The van der Waals surface area contributed by atoms with Crippen LogP contribution in [-0.4, -0.2) is 23.8 Å². The van der Waals surface area contributed by atoms with Crippen LogP contribution >= 0.6 is 0 Å². The number of nitrogens with one attached hydrogen (secondary N) is 2. The summed E-state index contributed by atoms with van der Waals surface area (Å²) in [6, 6.07) is 5.65. The van der Waals surface area contributed by atoms with E-state index in [4.69, 9.17) is 11.5 Å². The molecule has 0 fully saturated rings. The Morgan fingerprint density at radius 2 is 1.62 bits per heavy atom. The van der Waals surface area contributed by atoms with Gasteiger partial charge in [-0.3, -0.25) is 14.4 Å². The van der Waals surface area contributed by atoms with Crippen molar-refractivity contribution in [1.82, 2.24) is 0 Å². The molecule has 7 nitrogen and oxygen atoms in total. The standard InChI is InChI=1S/C14H20N4O3/c1-8(2)13(20)17-9-4-3-5-10(6-9)18-14(21)11(15)7-12(16)19/h3-6,8,11H,7,15H2,1-2H3,(H2,16,19)(H,17,20)(H,18,21). The average molecular weight is 292 g/mol. The predicted octanol–water partition coefficient (Wildman–Crippen LogP) is 0.422. The summed E-state index contributed by atoms with van der Waals surface area (Å²) in [6.07, 6.45) is -0.227. The Balaban J connectivity index is 2.70. The second kappa shape index (κ2) is 7.39. The summed E-state index contributed by atoms with van der Waals surface area (Å²) in [5, 5.41) is 5.29. The maximum Gasteiger partial charge on any atom is 0.241 e. The Hall–Kier alpha value is -2.41. The minimum absolute atomic E-state index is 0.121. The summed E-state index contributed by atoms with van der Waals surface area (Å²) in [5.41, 5.74) is 11.6. The minimum atomic E-state index is -1.00. The van der Waals surface area contributed by atoms with Gasteiger partial charge in [0.05, 0.1) is 12.5 Å². The maximum atomic E-state index is 11.8. The first kappa shape index (κ1) is 16.6. The van der Waals surface area contributed by atoms with Crippen LogP contribution < -0.4 is 22.1 Å². The lowest BCUT2D eigenvalue weighted by Crippen LogP contribution is -2.39. The summed E-state index contributed by atoms with van der Waals surface area (Å²) in [4.78, 5) is 34.1. The molecule has 0 saturated carbocycles. The number of hydrogen-bond donors (Lipinski definition) is 4. The summed E-state index contributed by atoms with van der Waals surface area (Å²) < 4.78 is 0. The van der Waals surface area contributed by atoms with Crippen LogP contribution in [0.3, 0.4) is 0 Å². The zero-order valence-electron chi connectivity index (χ0n) is 12.1. The zero-order valence-corrected chi connectivity index (χ0v) is 12.1. The highest BCUT2D eigenvalue weighted by Gasteiger charge is 2.16. The minimum Gasteiger partial charge on any atom is -0.370 e. The number of amides is 3. The Bertz CT molecular complexity index is 543. The molecule has 0 bridgehead atoms. The van der Waals surface area contributed by atoms with Crippen molar-refractivity contribution in [2.45, 2.75) is 26.3 Å². The average Bonchev–Trinajstić information content (AvgIpc) is 2.38. The molecule has 6 N–H and O–H groups in total. The number of carbonyl (C=O) groups is 3. The fourth-order valence-corrected chi connectivity index (χ4v) is 1.51. The summed E-state index contributed by atoms with van der Waals surface area (Å²) in [5.74, 6) is -1.42. The molecular formula is C14H20N4O3. The fourth-order valence-electron chi connectivity index (χ4n) is 1.51. The summed E-state index contributed by atoms with van der Waals surface area (Å²) in [7, 11) is 0. The van der Waals surface area contributed by atoms with Crippen molar-refractivity contribution in [2.24, 2.45) is 17.4 Å². The number of hydrogen-bond acceptors (Lipinski definition) is 4. The molecule has 1 aromatic carbocycles. The molecule has 1 atom stereocenters. The van der Waals surface area contributed by atoms with Crippen LogP contribution in [0.15, 0.2) is 24.3 Å². The molecule has 3 amide bonds. The first-order valence-electron chi connectivity index (χ1n) is 6.55. The molecule has 1 unspecified atom stereocenters. The molecule has 114 valence electrons. The van der Waals surface area contributed by atoms with Crippen LogP contribution in [0, 0.1) is 5.92 Å². The van der Waals surface area contributed by atoms with Gasteiger partial charge in [-0.15, -0.1) is 0 Å². The van der Waals surface area contributed by atoms with Crippen LogP contribution in [-0.2, 0) is 14.4 Å². The lowest BCUT2D eigenvalue weighted by atomic mass is 10.2. The van der Waals surface area contributed by atoms with Crippen LogP contribution in [0.25, 0.3) is 0 Å². The number of carbonyl (C=O) groups excluding carboxylic acids is 3. The van der Waals surface area contributed by atoms with Gasteiger partial charge in [0, 0.05) is 17.3 Å². The van der Waals surface area contributed by atoms with Gasteiger partial charge < -0.3 is 22.1 Å². The molecule has 0 aromatic heterocycles. The topological polar surface area (TPSA) is 127 Å². The molecule has 0 heterocycles. The first-order chi connectivity index (χ1) is 9.79. The van der Waals surface area contributed by atoms with E-state index in [0.717, 1.165) is 0 Å². The highest BCUT2D eigenvalue weighted by molar-refractivity contribution is 5.98. The number of anilines is 2. The van der Waals surface area contributed by atoms with Crippen molar-refractivity contribution in [3.8, 4) is 0 Å². The van der Waals surface area contributed by atoms with E-state index in [1.165, 1.54) is 0 Å². The van der Waals surface area contributed by atoms with E-state index < -0.39 is 17.9 Å². The molecule has 1 rings (SSSR count). The predicted molar refractivity (Wildman–Crippen MR) is 80.3 cm³/mol.